The molecule has 2 aliphatic rings. The summed E-state index contributed by atoms with van der Waals surface area (Å²) in [6.07, 6.45) is 7.63. The predicted molar refractivity (Wildman–Crippen MR) is 102 cm³/mol. The number of methoxy groups -OCH3 is 1. The first-order valence-corrected chi connectivity index (χ1v) is 9.48. The molecule has 2 fully saturated rings. The van der Waals surface area contributed by atoms with Crippen LogP contribution >= 0.6 is 0 Å². The molecule has 1 spiro atoms. The number of guanidine groups is 1. The highest BCUT2D eigenvalue weighted by molar-refractivity contribution is 5.93. The van der Waals surface area contributed by atoms with E-state index in [4.69, 9.17) is 20.2 Å². The molecule has 1 aromatic carbocycles. The van der Waals surface area contributed by atoms with Crippen LogP contribution in [0.25, 0.3) is 0 Å². The maximum Gasteiger partial charge on any atom is 0.193 e. The number of hydrogen-bond donors (Lipinski definition) is 2. The summed E-state index contributed by atoms with van der Waals surface area (Å²) in [6.45, 7) is 3.41. The minimum atomic E-state index is 0.201. The van der Waals surface area contributed by atoms with E-state index in [2.05, 4.69) is 12.2 Å². The van der Waals surface area contributed by atoms with Crippen molar-refractivity contribution in [2.24, 2.45) is 16.1 Å². The summed E-state index contributed by atoms with van der Waals surface area (Å²) < 4.78 is 11.3. The lowest BCUT2D eigenvalue weighted by Crippen LogP contribution is -2.58. The number of nitrogens with two attached hydrogens (primary N) is 1. The summed E-state index contributed by atoms with van der Waals surface area (Å²) in [4.78, 5) is 4.85. The van der Waals surface area contributed by atoms with E-state index < -0.39 is 0 Å². The van der Waals surface area contributed by atoms with Crippen molar-refractivity contribution in [2.45, 2.75) is 64.2 Å². The summed E-state index contributed by atoms with van der Waals surface area (Å²) in [5, 5.41) is 3.27. The Bertz CT molecular complexity index is 596. The van der Waals surface area contributed by atoms with Gasteiger partial charge in [0.1, 0.15) is 0 Å². The van der Waals surface area contributed by atoms with E-state index in [1.54, 1.807) is 7.11 Å². The van der Waals surface area contributed by atoms with E-state index in [-0.39, 0.29) is 11.5 Å². The Morgan fingerprint density at radius 1 is 1.28 bits per heavy atom. The van der Waals surface area contributed by atoms with Crippen molar-refractivity contribution in [1.29, 1.82) is 0 Å². The normalized spacial score (nSPS) is 25.6. The van der Waals surface area contributed by atoms with Crippen molar-refractivity contribution in [2.75, 3.05) is 19.0 Å². The summed E-state index contributed by atoms with van der Waals surface area (Å²) in [6, 6.07) is 8.31. The van der Waals surface area contributed by atoms with E-state index >= 15 is 0 Å². The van der Waals surface area contributed by atoms with E-state index in [0.29, 0.717) is 18.7 Å². The molecule has 138 valence electrons. The second kappa shape index (κ2) is 8.19. The molecule has 0 saturated heterocycles. The predicted octanol–water partition coefficient (Wildman–Crippen LogP) is 3.69. The maximum absolute atomic E-state index is 6.25. The molecular formula is C20H31N3O2. The molecule has 3 rings (SSSR count). The van der Waals surface area contributed by atoms with Crippen molar-refractivity contribution in [3.63, 3.8) is 0 Å². The van der Waals surface area contributed by atoms with Crippen LogP contribution < -0.4 is 11.1 Å². The number of nitrogens with zero attached hydrogens (tertiary/aromatic N) is 1. The minimum Gasteiger partial charge on any atom is -0.380 e. The van der Waals surface area contributed by atoms with Gasteiger partial charge in [0, 0.05) is 30.4 Å². The molecule has 0 amide bonds. The van der Waals surface area contributed by atoms with Gasteiger partial charge < -0.3 is 20.5 Å². The Kier molecular flexibility index (Phi) is 5.97. The van der Waals surface area contributed by atoms with E-state index in [0.717, 1.165) is 24.3 Å². The lowest BCUT2D eigenvalue weighted by molar-refractivity contribution is -0.139. The number of nitrogens with one attached hydrogen (secondary N) is 1. The first-order valence-electron chi connectivity index (χ1n) is 9.48. The number of aliphatic imine (C=N–C) groups is 1. The molecule has 2 atom stereocenters. The zero-order valence-corrected chi connectivity index (χ0v) is 15.5. The van der Waals surface area contributed by atoms with Crippen LogP contribution in [0.15, 0.2) is 29.3 Å². The first kappa shape index (κ1) is 18.2. The Morgan fingerprint density at radius 3 is 2.76 bits per heavy atom. The molecule has 0 radical (unpaired) electrons. The van der Waals surface area contributed by atoms with Gasteiger partial charge in [-0.3, -0.25) is 0 Å². The highest BCUT2D eigenvalue weighted by atomic mass is 16.5. The van der Waals surface area contributed by atoms with Gasteiger partial charge in [-0.2, -0.15) is 0 Å². The molecule has 2 saturated carbocycles. The van der Waals surface area contributed by atoms with Crippen LogP contribution in [-0.4, -0.2) is 31.8 Å². The molecule has 2 aliphatic carbocycles. The van der Waals surface area contributed by atoms with Gasteiger partial charge in [-0.05, 0) is 32.3 Å². The molecule has 0 bridgehead atoms. The fourth-order valence-corrected chi connectivity index (χ4v) is 4.47. The Labute approximate surface area is 151 Å². The lowest BCUT2D eigenvalue weighted by atomic mass is 9.55. The van der Waals surface area contributed by atoms with Crippen molar-refractivity contribution >= 4 is 11.6 Å². The molecule has 5 heteroatoms. The molecule has 0 heterocycles. The van der Waals surface area contributed by atoms with Crippen molar-refractivity contribution < 1.29 is 9.47 Å². The summed E-state index contributed by atoms with van der Waals surface area (Å²) in [5.41, 5.74) is 8.49. The SMILES string of the molecule is CCOC1CC(N=C(N)Nc2ccccc2COC)C12CCCCC2. The average Bonchev–Trinajstić information content (AvgIpc) is 2.63. The zero-order valence-electron chi connectivity index (χ0n) is 15.5. The highest BCUT2D eigenvalue weighted by Gasteiger charge is 2.55. The highest BCUT2D eigenvalue weighted by Crippen LogP contribution is 2.54. The smallest absolute Gasteiger partial charge is 0.193 e. The standard InChI is InChI=1S/C20H31N3O2/c1-3-25-18-13-17(20(18)11-7-4-8-12-20)23-19(21)22-16-10-6-5-9-15(16)14-24-2/h5-6,9-10,17-18H,3-4,7-8,11-14H2,1-2H3,(H3,21,22,23). The molecule has 3 N–H and O–H groups in total. The molecule has 1 aromatic rings. The third kappa shape index (κ3) is 3.82. The number of rotatable bonds is 6. The van der Waals surface area contributed by atoms with E-state index in [9.17, 15) is 0 Å². The zero-order chi connectivity index (χ0) is 17.7. The van der Waals surface area contributed by atoms with Gasteiger partial charge in [-0.25, -0.2) is 4.99 Å². The van der Waals surface area contributed by atoms with Gasteiger partial charge >= 0.3 is 0 Å². The van der Waals surface area contributed by atoms with Gasteiger partial charge in [-0.15, -0.1) is 0 Å². The van der Waals surface area contributed by atoms with Gasteiger partial charge in [0.05, 0.1) is 18.8 Å². The number of ether oxygens (including phenoxy) is 2. The summed E-state index contributed by atoms with van der Waals surface area (Å²) >= 11 is 0. The Hall–Kier alpha value is -1.59. The fourth-order valence-electron chi connectivity index (χ4n) is 4.47. The quantitative estimate of drug-likeness (QED) is 0.609. The Morgan fingerprint density at radius 2 is 2.04 bits per heavy atom. The van der Waals surface area contributed by atoms with Crippen molar-refractivity contribution in [1.82, 2.24) is 0 Å². The second-order valence-corrected chi connectivity index (χ2v) is 7.22. The van der Waals surface area contributed by atoms with Crippen molar-refractivity contribution in [3.8, 4) is 0 Å². The van der Waals surface area contributed by atoms with Crippen LogP contribution in [0.2, 0.25) is 0 Å². The van der Waals surface area contributed by atoms with Crippen LogP contribution in [0.5, 0.6) is 0 Å². The largest absolute Gasteiger partial charge is 0.380 e. The fraction of sp³-hybridized carbons (Fsp3) is 0.650. The summed E-state index contributed by atoms with van der Waals surface area (Å²) in [5.74, 6) is 0.494. The summed E-state index contributed by atoms with van der Waals surface area (Å²) in [7, 11) is 1.70. The molecular weight excluding hydrogens is 314 g/mol. The average molecular weight is 345 g/mol. The third-order valence-electron chi connectivity index (χ3n) is 5.77. The van der Waals surface area contributed by atoms with Crippen LogP contribution in [0, 0.1) is 5.41 Å². The number of benzene rings is 1. The third-order valence-corrected chi connectivity index (χ3v) is 5.77. The van der Waals surface area contributed by atoms with Gasteiger partial charge in [0.25, 0.3) is 0 Å². The molecule has 5 nitrogen and oxygen atoms in total. The number of anilines is 1. The Balaban J connectivity index is 1.71. The number of hydrogen-bond acceptors (Lipinski definition) is 3. The monoisotopic (exact) mass is 345 g/mol. The van der Waals surface area contributed by atoms with Gasteiger partial charge in [0.15, 0.2) is 5.96 Å². The molecule has 0 aliphatic heterocycles. The van der Waals surface area contributed by atoms with E-state index in [1.807, 2.05) is 24.3 Å². The van der Waals surface area contributed by atoms with Crippen LogP contribution in [0.1, 0.15) is 51.0 Å². The topological polar surface area (TPSA) is 68.9 Å². The molecule has 2 unspecified atom stereocenters. The van der Waals surface area contributed by atoms with Crippen molar-refractivity contribution in [3.05, 3.63) is 29.8 Å². The maximum atomic E-state index is 6.25. The van der Waals surface area contributed by atoms with Gasteiger partial charge in [-0.1, -0.05) is 37.5 Å². The minimum absolute atomic E-state index is 0.201. The van der Waals surface area contributed by atoms with Crippen LogP contribution in [0.3, 0.4) is 0 Å². The van der Waals surface area contributed by atoms with Crippen LogP contribution in [0.4, 0.5) is 5.69 Å². The molecule has 25 heavy (non-hydrogen) atoms. The van der Waals surface area contributed by atoms with E-state index in [1.165, 1.54) is 32.1 Å². The first-order chi connectivity index (χ1) is 12.2. The van der Waals surface area contributed by atoms with Crippen LogP contribution in [-0.2, 0) is 16.1 Å². The molecule has 0 aromatic heterocycles. The lowest BCUT2D eigenvalue weighted by Gasteiger charge is -2.56. The number of para-hydroxylation sites is 1. The second-order valence-electron chi connectivity index (χ2n) is 7.22. The van der Waals surface area contributed by atoms with Gasteiger partial charge in [0.2, 0.25) is 0 Å².